The molecule has 3 atom stereocenters. The minimum atomic E-state index is -0.354. The summed E-state index contributed by atoms with van der Waals surface area (Å²) in [5.41, 5.74) is 0. The third-order valence-electron chi connectivity index (χ3n) is 4.09. The van der Waals surface area contributed by atoms with Gasteiger partial charge in [0.15, 0.2) is 0 Å². The highest BCUT2D eigenvalue weighted by atomic mass is 16.3. The first kappa shape index (κ1) is 11.9. The monoisotopic (exact) mass is 225 g/mol. The fourth-order valence-electron chi connectivity index (χ4n) is 3.24. The lowest BCUT2D eigenvalue weighted by atomic mass is 9.91. The molecule has 1 heterocycles. The average Bonchev–Trinajstić information content (AvgIpc) is 2.73. The van der Waals surface area contributed by atoms with Gasteiger partial charge in [-0.1, -0.05) is 6.42 Å². The molecule has 2 rings (SSSR count). The SMILES string of the molecule is CC(O)CCC(=O)N1CCCC2CCCC21. The highest BCUT2D eigenvalue weighted by Crippen LogP contribution is 2.37. The molecule has 1 N–H and O–H groups in total. The number of fused-ring (bicyclic) bond motifs is 1. The quantitative estimate of drug-likeness (QED) is 0.797. The van der Waals surface area contributed by atoms with E-state index in [-0.39, 0.29) is 12.0 Å². The average molecular weight is 225 g/mol. The maximum Gasteiger partial charge on any atom is 0.222 e. The Bertz CT molecular complexity index is 252. The predicted molar refractivity (Wildman–Crippen MR) is 63.0 cm³/mol. The van der Waals surface area contributed by atoms with E-state index in [4.69, 9.17) is 0 Å². The van der Waals surface area contributed by atoms with Crippen LogP contribution in [0.1, 0.15) is 51.9 Å². The molecule has 0 aromatic carbocycles. The van der Waals surface area contributed by atoms with Crippen molar-refractivity contribution in [1.82, 2.24) is 4.90 Å². The van der Waals surface area contributed by atoms with Crippen LogP contribution in [0.3, 0.4) is 0 Å². The lowest BCUT2D eigenvalue weighted by molar-refractivity contribution is -0.136. The lowest BCUT2D eigenvalue weighted by Gasteiger charge is -2.38. The van der Waals surface area contributed by atoms with Crippen molar-refractivity contribution in [2.75, 3.05) is 6.54 Å². The molecule has 0 aromatic rings. The van der Waals surface area contributed by atoms with Crippen molar-refractivity contribution in [1.29, 1.82) is 0 Å². The van der Waals surface area contributed by atoms with E-state index in [0.717, 1.165) is 12.5 Å². The fraction of sp³-hybridized carbons (Fsp3) is 0.923. The molecule has 3 heteroatoms. The normalized spacial score (nSPS) is 31.2. The van der Waals surface area contributed by atoms with Crippen LogP contribution in [0.25, 0.3) is 0 Å². The number of aliphatic hydroxyl groups is 1. The van der Waals surface area contributed by atoms with Crippen molar-refractivity contribution in [3.8, 4) is 0 Å². The van der Waals surface area contributed by atoms with Crippen LogP contribution in [-0.2, 0) is 4.79 Å². The van der Waals surface area contributed by atoms with Gasteiger partial charge in [-0.3, -0.25) is 4.79 Å². The van der Waals surface area contributed by atoms with E-state index in [1.54, 1.807) is 6.92 Å². The van der Waals surface area contributed by atoms with E-state index in [1.807, 2.05) is 0 Å². The Labute approximate surface area is 97.8 Å². The molecule has 0 spiro atoms. The van der Waals surface area contributed by atoms with Crippen molar-refractivity contribution in [3.05, 3.63) is 0 Å². The van der Waals surface area contributed by atoms with Crippen molar-refractivity contribution in [2.45, 2.75) is 64.0 Å². The first-order valence-corrected chi connectivity index (χ1v) is 6.66. The molecule has 1 amide bonds. The summed E-state index contributed by atoms with van der Waals surface area (Å²) in [7, 11) is 0. The Morgan fingerprint density at radius 2 is 2.12 bits per heavy atom. The van der Waals surface area contributed by atoms with Gasteiger partial charge in [-0.05, 0) is 44.9 Å². The van der Waals surface area contributed by atoms with Crippen LogP contribution in [0.2, 0.25) is 0 Å². The summed E-state index contributed by atoms with van der Waals surface area (Å²) >= 11 is 0. The van der Waals surface area contributed by atoms with Gasteiger partial charge in [-0.25, -0.2) is 0 Å². The number of hydrogen-bond donors (Lipinski definition) is 1. The molecule has 16 heavy (non-hydrogen) atoms. The zero-order chi connectivity index (χ0) is 11.5. The first-order chi connectivity index (χ1) is 7.68. The van der Waals surface area contributed by atoms with Gasteiger partial charge < -0.3 is 10.0 Å². The van der Waals surface area contributed by atoms with E-state index in [9.17, 15) is 9.90 Å². The van der Waals surface area contributed by atoms with Crippen molar-refractivity contribution in [2.24, 2.45) is 5.92 Å². The minimum Gasteiger partial charge on any atom is -0.393 e. The van der Waals surface area contributed by atoms with Crippen molar-refractivity contribution >= 4 is 5.91 Å². The fourth-order valence-corrected chi connectivity index (χ4v) is 3.24. The van der Waals surface area contributed by atoms with E-state index in [0.29, 0.717) is 18.9 Å². The largest absolute Gasteiger partial charge is 0.393 e. The summed E-state index contributed by atoms with van der Waals surface area (Å²) in [6.07, 6.45) is 7.04. The molecular weight excluding hydrogens is 202 g/mol. The van der Waals surface area contributed by atoms with Gasteiger partial charge in [-0.2, -0.15) is 0 Å². The van der Waals surface area contributed by atoms with Gasteiger partial charge >= 0.3 is 0 Å². The maximum atomic E-state index is 12.1. The summed E-state index contributed by atoms with van der Waals surface area (Å²) in [6, 6.07) is 0.523. The van der Waals surface area contributed by atoms with Gasteiger partial charge in [0, 0.05) is 19.0 Å². The topological polar surface area (TPSA) is 40.5 Å². The van der Waals surface area contributed by atoms with Gasteiger partial charge in [0.05, 0.1) is 6.10 Å². The number of likely N-dealkylation sites (tertiary alicyclic amines) is 1. The predicted octanol–water partition coefficient (Wildman–Crippen LogP) is 1.94. The second kappa shape index (κ2) is 5.17. The van der Waals surface area contributed by atoms with Gasteiger partial charge in [0.25, 0.3) is 0 Å². The van der Waals surface area contributed by atoms with Crippen molar-refractivity contribution < 1.29 is 9.90 Å². The number of piperidine rings is 1. The summed E-state index contributed by atoms with van der Waals surface area (Å²) in [4.78, 5) is 14.2. The highest BCUT2D eigenvalue weighted by molar-refractivity contribution is 5.76. The molecule has 0 bridgehead atoms. The zero-order valence-corrected chi connectivity index (χ0v) is 10.2. The van der Waals surface area contributed by atoms with Gasteiger partial charge in [0.2, 0.25) is 5.91 Å². The zero-order valence-electron chi connectivity index (χ0n) is 10.2. The van der Waals surface area contributed by atoms with Crippen LogP contribution < -0.4 is 0 Å². The Morgan fingerprint density at radius 3 is 2.88 bits per heavy atom. The summed E-state index contributed by atoms with van der Waals surface area (Å²) in [5, 5.41) is 9.22. The van der Waals surface area contributed by atoms with Crippen LogP contribution in [-0.4, -0.2) is 34.6 Å². The molecule has 92 valence electrons. The van der Waals surface area contributed by atoms with E-state index >= 15 is 0 Å². The van der Waals surface area contributed by atoms with Crippen LogP contribution in [0.5, 0.6) is 0 Å². The third-order valence-corrected chi connectivity index (χ3v) is 4.09. The number of amides is 1. The Hall–Kier alpha value is -0.570. The van der Waals surface area contributed by atoms with Crippen LogP contribution >= 0.6 is 0 Å². The highest BCUT2D eigenvalue weighted by Gasteiger charge is 2.36. The van der Waals surface area contributed by atoms with E-state index < -0.39 is 0 Å². The number of rotatable bonds is 3. The Kier molecular flexibility index (Phi) is 3.85. The Morgan fingerprint density at radius 1 is 1.38 bits per heavy atom. The number of nitrogens with zero attached hydrogens (tertiary/aromatic N) is 1. The molecule has 2 aliphatic rings. The summed E-state index contributed by atoms with van der Waals surface area (Å²) in [6.45, 7) is 2.70. The van der Waals surface area contributed by atoms with E-state index in [1.165, 1.54) is 32.1 Å². The molecule has 1 saturated heterocycles. The second-order valence-corrected chi connectivity index (χ2v) is 5.38. The second-order valence-electron chi connectivity index (χ2n) is 5.38. The van der Waals surface area contributed by atoms with Gasteiger partial charge in [0.1, 0.15) is 0 Å². The van der Waals surface area contributed by atoms with E-state index in [2.05, 4.69) is 4.90 Å². The number of carbonyl (C=O) groups is 1. The molecular formula is C13H23NO2. The first-order valence-electron chi connectivity index (χ1n) is 6.66. The molecule has 0 radical (unpaired) electrons. The molecule has 2 fully saturated rings. The van der Waals surface area contributed by atoms with Crippen LogP contribution in [0.4, 0.5) is 0 Å². The van der Waals surface area contributed by atoms with Gasteiger partial charge in [-0.15, -0.1) is 0 Å². The molecule has 3 unspecified atom stereocenters. The third kappa shape index (κ3) is 2.57. The summed E-state index contributed by atoms with van der Waals surface area (Å²) in [5.74, 6) is 1.03. The number of hydrogen-bond acceptors (Lipinski definition) is 2. The maximum absolute atomic E-state index is 12.1. The minimum absolute atomic E-state index is 0.262. The molecule has 1 saturated carbocycles. The van der Waals surface area contributed by atoms with Crippen LogP contribution in [0, 0.1) is 5.92 Å². The molecule has 0 aromatic heterocycles. The lowest BCUT2D eigenvalue weighted by Crippen LogP contribution is -2.46. The molecule has 1 aliphatic heterocycles. The smallest absolute Gasteiger partial charge is 0.222 e. The van der Waals surface area contributed by atoms with Crippen molar-refractivity contribution in [3.63, 3.8) is 0 Å². The number of carbonyl (C=O) groups excluding carboxylic acids is 1. The Balaban J connectivity index is 1.89. The summed E-state index contributed by atoms with van der Waals surface area (Å²) < 4.78 is 0. The van der Waals surface area contributed by atoms with Crippen LogP contribution in [0.15, 0.2) is 0 Å². The molecule has 1 aliphatic carbocycles. The number of aliphatic hydroxyl groups excluding tert-OH is 1. The molecule has 3 nitrogen and oxygen atoms in total. The standard InChI is InChI=1S/C13H23NO2/c1-10(15)7-8-13(16)14-9-3-5-11-4-2-6-12(11)14/h10-12,15H,2-9H2,1H3.